The van der Waals surface area contributed by atoms with Gasteiger partial charge in [0.2, 0.25) is 15.9 Å². The molecule has 1 amide bonds. The molecule has 1 N–H and O–H groups in total. The second kappa shape index (κ2) is 7.01. The number of carbonyl (C=O) groups excluding carboxylic acids is 1. The van der Waals surface area contributed by atoms with Gasteiger partial charge in [0.1, 0.15) is 6.04 Å². The maximum absolute atomic E-state index is 12.8. The molecule has 1 aliphatic heterocycles. The Morgan fingerprint density at radius 1 is 1.09 bits per heavy atom. The lowest BCUT2D eigenvalue weighted by molar-refractivity contribution is -0.124. The van der Waals surface area contributed by atoms with Gasteiger partial charge in [-0.3, -0.25) is 4.79 Å². The lowest BCUT2D eigenvalue weighted by atomic mass is 10.2. The minimum Gasteiger partial charge on any atom is -0.351 e. The van der Waals surface area contributed by atoms with Crippen molar-refractivity contribution in [3.8, 4) is 0 Å². The number of nitrogens with one attached hydrogen (secondary N) is 1. The predicted molar refractivity (Wildman–Crippen MR) is 89.2 cm³/mol. The van der Waals surface area contributed by atoms with E-state index in [1.165, 1.54) is 4.31 Å². The van der Waals surface area contributed by atoms with Gasteiger partial charge < -0.3 is 5.32 Å². The van der Waals surface area contributed by atoms with Crippen LogP contribution in [0.1, 0.15) is 44.1 Å². The highest BCUT2D eigenvalue weighted by Crippen LogP contribution is 2.31. The van der Waals surface area contributed by atoms with E-state index in [1.807, 2.05) is 30.3 Å². The van der Waals surface area contributed by atoms with Gasteiger partial charge in [-0.2, -0.15) is 4.31 Å². The van der Waals surface area contributed by atoms with E-state index in [1.54, 1.807) is 0 Å². The molecule has 23 heavy (non-hydrogen) atoms. The molecule has 2 aliphatic rings. The van der Waals surface area contributed by atoms with Crippen LogP contribution >= 0.6 is 0 Å². The summed E-state index contributed by atoms with van der Waals surface area (Å²) in [5, 5.41) is 2.60. The van der Waals surface area contributed by atoms with Crippen LogP contribution in [0.5, 0.6) is 0 Å². The summed E-state index contributed by atoms with van der Waals surface area (Å²) < 4.78 is 27.0. The van der Waals surface area contributed by atoms with Gasteiger partial charge in [0.15, 0.2) is 0 Å². The zero-order chi connectivity index (χ0) is 16.3. The van der Waals surface area contributed by atoms with E-state index >= 15 is 0 Å². The van der Waals surface area contributed by atoms with Crippen LogP contribution in [-0.4, -0.2) is 36.5 Å². The first-order valence-corrected chi connectivity index (χ1v) is 9.91. The second-order valence-corrected chi connectivity index (χ2v) is 8.59. The minimum absolute atomic E-state index is 0.173. The number of amides is 1. The number of rotatable bonds is 5. The van der Waals surface area contributed by atoms with Crippen LogP contribution in [0.15, 0.2) is 30.3 Å². The third-order valence-electron chi connectivity index (χ3n) is 4.87. The first kappa shape index (κ1) is 16.5. The molecule has 126 valence electrons. The summed E-state index contributed by atoms with van der Waals surface area (Å²) in [5.74, 6) is -0.173. The van der Waals surface area contributed by atoms with Crippen LogP contribution in [0.3, 0.4) is 0 Å². The molecule has 1 aliphatic carbocycles. The Morgan fingerprint density at radius 2 is 1.78 bits per heavy atom. The summed E-state index contributed by atoms with van der Waals surface area (Å²) in [4.78, 5) is 12.5. The Balaban J connectivity index is 1.65. The van der Waals surface area contributed by atoms with Crippen molar-refractivity contribution in [2.45, 2.75) is 56.4 Å². The van der Waals surface area contributed by atoms with Crippen LogP contribution in [0.2, 0.25) is 0 Å². The average Bonchev–Trinajstić information content (AvgIpc) is 3.25. The Morgan fingerprint density at radius 3 is 2.48 bits per heavy atom. The van der Waals surface area contributed by atoms with E-state index < -0.39 is 16.1 Å². The van der Waals surface area contributed by atoms with Gasteiger partial charge in [-0.25, -0.2) is 8.42 Å². The molecule has 1 heterocycles. The molecule has 5 nitrogen and oxygen atoms in total. The SMILES string of the molecule is O=C(NCc1ccccc1)[C@@H]1CCCN1S(=O)(=O)C1CCCC1. The van der Waals surface area contributed by atoms with Crippen molar-refractivity contribution < 1.29 is 13.2 Å². The molecular weight excluding hydrogens is 312 g/mol. The number of carbonyl (C=O) groups is 1. The van der Waals surface area contributed by atoms with Crippen LogP contribution in [0, 0.1) is 0 Å². The molecule has 3 rings (SSSR count). The number of benzene rings is 1. The zero-order valence-electron chi connectivity index (χ0n) is 13.3. The normalized spacial score (nSPS) is 23.2. The van der Waals surface area contributed by atoms with Crippen LogP contribution in [-0.2, 0) is 21.4 Å². The number of sulfonamides is 1. The number of hydrogen-bond donors (Lipinski definition) is 1. The molecule has 0 unspecified atom stereocenters. The minimum atomic E-state index is -3.34. The van der Waals surface area contributed by atoms with Crippen LogP contribution in [0.25, 0.3) is 0 Å². The van der Waals surface area contributed by atoms with Gasteiger partial charge >= 0.3 is 0 Å². The zero-order valence-corrected chi connectivity index (χ0v) is 14.1. The molecule has 1 aromatic carbocycles. The van der Waals surface area contributed by atoms with Crippen molar-refractivity contribution in [2.24, 2.45) is 0 Å². The molecule has 0 radical (unpaired) electrons. The first-order chi connectivity index (χ1) is 11.1. The predicted octanol–water partition coefficient (Wildman–Crippen LogP) is 2.04. The van der Waals surface area contributed by atoms with Gasteiger partial charge in [-0.05, 0) is 31.2 Å². The summed E-state index contributed by atoms with van der Waals surface area (Å²) >= 11 is 0. The van der Waals surface area contributed by atoms with Gasteiger partial charge in [0, 0.05) is 13.1 Å². The maximum atomic E-state index is 12.8. The number of nitrogens with zero attached hydrogens (tertiary/aromatic N) is 1. The van der Waals surface area contributed by atoms with Crippen molar-refractivity contribution in [2.75, 3.05) is 6.54 Å². The van der Waals surface area contributed by atoms with Crippen molar-refractivity contribution >= 4 is 15.9 Å². The van der Waals surface area contributed by atoms with Gasteiger partial charge in [0.25, 0.3) is 0 Å². The summed E-state index contributed by atoms with van der Waals surface area (Å²) in [6.45, 7) is 0.912. The van der Waals surface area contributed by atoms with E-state index in [4.69, 9.17) is 0 Å². The monoisotopic (exact) mass is 336 g/mol. The molecule has 1 saturated heterocycles. The molecule has 6 heteroatoms. The third-order valence-corrected chi connectivity index (χ3v) is 7.27. The fraction of sp³-hybridized carbons (Fsp3) is 0.588. The summed E-state index contributed by atoms with van der Waals surface area (Å²) in [7, 11) is -3.34. The lowest BCUT2D eigenvalue weighted by Gasteiger charge is -2.26. The molecule has 0 aromatic heterocycles. The van der Waals surface area contributed by atoms with Crippen LogP contribution < -0.4 is 5.32 Å². The largest absolute Gasteiger partial charge is 0.351 e. The third kappa shape index (κ3) is 3.58. The van der Waals surface area contributed by atoms with Crippen molar-refractivity contribution in [1.29, 1.82) is 0 Å². The van der Waals surface area contributed by atoms with E-state index in [9.17, 15) is 13.2 Å². The Bertz CT molecular complexity index is 639. The summed E-state index contributed by atoms with van der Waals surface area (Å²) in [5.41, 5.74) is 1.02. The average molecular weight is 336 g/mol. The smallest absolute Gasteiger partial charge is 0.238 e. The van der Waals surface area contributed by atoms with Gasteiger partial charge in [0.05, 0.1) is 5.25 Å². The highest BCUT2D eigenvalue weighted by Gasteiger charge is 2.42. The van der Waals surface area contributed by atoms with Gasteiger partial charge in [-0.15, -0.1) is 0 Å². The summed E-state index contributed by atoms with van der Waals surface area (Å²) in [6.07, 6.45) is 4.79. The van der Waals surface area contributed by atoms with E-state index in [2.05, 4.69) is 5.32 Å². The summed E-state index contributed by atoms with van der Waals surface area (Å²) in [6, 6.07) is 9.13. The Kier molecular flexibility index (Phi) is 5.02. The maximum Gasteiger partial charge on any atom is 0.238 e. The number of hydrogen-bond acceptors (Lipinski definition) is 3. The van der Waals surface area contributed by atoms with E-state index in [-0.39, 0.29) is 11.2 Å². The lowest BCUT2D eigenvalue weighted by Crippen LogP contribution is -2.48. The van der Waals surface area contributed by atoms with E-state index in [0.717, 1.165) is 37.7 Å². The quantitative estimate of drug-likeness (QED) is 0.895. The van der Waals surface area contributed by atoms with Gasteiger partial charge in [-0.1, -0.05) is 43.2 Å². The fourth-order valence-corrected chi connectivity index (χ4v) is 5.84. The molecular formula is C17H24N2O3S. The highest BCUT2D eigenvalue weighted by molar-refractivity contribution is 7.89. The molecule has 0 bridgehead atoms. The molecule has 1 atom stereocenters. The molecule has 0 spiro atoms. The highest BCUT2D eigenvalue weighted by atomic mass is 32.2. The fourth-order valence-electron chi connectivity index (χ4n) is 3.59. The molecule has 1 aromatic rings. The topological polar surface area (TPSA) is 66.5 Å². The van der Waals surface area contributed by atoms with Crippen molar-refractivity contribution in [3.05, 3.63) is 35.9 Å². The Labute approximate surface area is 138 Å². The van der Waals surface area contributed by atoms with Crippen molar-refractivity contribution in [1.82, 2.24) is 9.62 Å². The van der Waals surface area contributed by atoms with Crippen LogP contribution in [0.4, 0.5) is 0 Å². The Hall–Kier alpha value is -1.40. The second-order valence-electron chi connectivity index (χ2n) is 6.42. The standard InChI is InChI=1S/C17H24N2O3S/c20-17(18-13-14-7-2-1-3-8-14)16-11-6-12-19(16)23(21,22)15-9-4-5-10-15/h1-3,7-8,15-16H,4-6,9-13H2,(H,18,20)/t16-/m0/s1. The first-order valence-electron chi connectivity index (χ1n) is 8.41. The van der Waals surface area contributed by atoms with E-state index in [0.29, 0.717) is 19.5 Å². The molecule has 1 saturated carbocycles. The van der Waals surface area contributed by atoms with Crippen molar-refractivity contribution in [3.63, 3.8) is 0 Å². The molecule has 2 fully saturated rings.